The van der Waals surface area contributed by atoms with Gasteiger partial charge in [0.15, 0.2) is 0 Å². The van der Waals surface area contributed by atoms with Gasteiger partial charge in [-0.25, -0.2) is 0 Å². The van der Waals surface area contributed by atoms with Gasteiger partial charge in [-0.3, -0.25) is 14.4 Å². The minimum atomic E-state index is -1.20. The van der Waals surface area contributed by atoms with Crippen LogP contribution >= 0.6 is 0 Å². The molecule has 2 bridgehead atoms. The van der Waals surface area contributed by atoms with E-state index < -0.39 is 29.1 Å². The molecule has 5 atom stereocenters. The minimum absolute atomic E-state index is 0.0806. The molecule has 3 aliphatic heterocycles. The van der Waals surface area contributed by atoms with Gasteiger partial charge in [-0.2, -0.15) is 0 Å². The standard InChI is InChI=1S/C34H41N3O6/c1-33-18-19-34(43-33)28(27(33)30(38)35-21-23-11-15-26(42-3)16-12-23)32(40)37(20-17-22-9-13-25(41-2)14-10-22)29(34)31(39)36-24-7-5-4-6-8-24/h9-16,18-19,24,27-29H,4-8,17,20-21H2,1-3H3,(H,35,38)(H,36,39)/t27-,28-,29+,33+,34-/m0/s1. The van der Waals surface area contributed by atoms with Crippen LogP contribution in [0.25, 0.3) is 0 Å². The van der Waals surface area contributed by atoms with Gasteiger partial charge in [0.25, 0.3) is 0 Å². The van der Waals surface area contributed by atoms with E-state index in [0.717, 1.165) is 48.3 Å². The van der Waals surface area contributed by atoms with E-state index in [9.17, 15) is 14.4 Å². The number of hydrogen-bond acceptors (Lipinski definition) is 6. The lowest BCUT2D eigenvalue weighted by molar-refractivity contribution is -0.145. The molecule has 1 saturated carbocycles. The van der Waals surface area contributed by atoms with Gasteiger partial charge >= 0.3 is 0 Å². The van der Waals surface area contributed by atoms with Crippen LogP contribution in [0.4, 0.5) is 0 Å². The number of hydrogen-bond donors (Lipinski definition) is 2. The molecule has 2 aromatic carbocycles. The summed E-state index contributed by atoms with van der Waals surface area (Å²) in [6.07, 6.45) is 9.50. The Labute approximate surface area is 252 Å². The lowest BCUT2D eigenvalue weighted by atomic mass is 9.70. The number of likely N-dealkylation sites (tertiary alicyclic amines) is 1. The zero-order valence-corrected chi connectivity index (χ0v) is 25.1. The molecule has 2 N–H and O–H groups in total. The number of amides is 3. The smallest absolute Gasteiger partial charge is 0.246 e. The van der Waals surface area contributed by atoms with Crippen molar-refractivity contribution in [3.05, 3.63) is 71.8 Å². The van der Waals surface area contributed by atoms with Crippen molar-refractivity contribution in [1.29, 1.82) is 0 Å². The summed E-state index contributed by atoms with van der Waals surface area (Å²) in [6, 6.07) is 14.4. The molecule has 3 amide bonds. The van der Waals surface area contributed by atoms with Gasteiger partial charge in [0.1, 0.15) is 23.1 Å². The maximum Gasteiger partial charge on any atom is 0.246 e. The average molecular weight is 588 g/mol. The van der Waals surface area contributed by atoms with Crippen molar-refractivity contribution < 1.29 is 28.6 Å². The molecule has 1 spiro atoms. The van der Waals surface area contributed by atoms with Crippen LogP contribution in [0.3, 0.4) is 0 Å². The van der Waals surface area contributed by atoms with Gasteiger partial charge in [-0.05, 0) is 61.6 Å². The van der Waals surface area contributed by atoms with E-state index in [4.69, 9.17) is 14.2 Å². The third-order valence-electron chi connectivity index (χ3n) is 9.71. The Hall–Kier alpha value is -3.85. The Morgan fingerprint density at radius 3 is 2.16 bits per heavy atom. The van der Waals surface area contributed by atoms with Crippen molar-refractivity contribution in [2.24, 2.45) is 11.8 Å². The van der Waals surface area contributed by atoms with Crippen LogP contribution in [0.15, 0.2) is 60.7 Å². The minimum Gasteiger partial charge on any atom is -0.497 e. The molecule has 3 heterocycles. The van der Waals surface area contributed by atoms with Gasteiger partial charge in [0.2, 0.25) is 17.7 Å². The van der Waals surface area contributed by atoms with Crippen LogP contribution in [0.1, 0.15) is 50.2 Å². The molecule has 9 nitrogen and oxygen atoms in total. The van der Waals surface area contributed by atoms with E-state index in [-0.39, 0.29) is 23.8 Å². The molecule has 9 heteroatoms. The second kappa shape index (κ2) is 11.7. The number of benzene rings is 2. The van der Waals surface area contributed by atoms with E-state index in [2.05, 4.69) is 10.6 Å². The molecule has 2 aromatic rings. The molecule has 0 radical (unpaired) electrons. The first-order valence-corrected chi connectivity index (χ1v) is 15.3. The first-order chi connectivity index (χ1) is 20.8. The summed E-state index contributed by atoms with van der Waals surface area (Å²) in [5, 5.41) is 6.29. The van der Waals surface area contributed by atoms with E-state index >= 15 is 0 Å². The van der Waals surface area contributed by atoms with Gasteiger partial charge in [0.05, 0.1) is 31.7 Å². The van der Waals surface area contributed by atoms with E-state index in [1.54, 1.807) is 19.1 Å². The maximum atomic E-state index is 14.3. The van der Waals surface area contributed by atoms with Crippen LogP contribution in [-0.2, 0) is 32.1 Å². The van der Waals surface area contributed by atoms with Crippen molar-refractivity contribution in [1.82, 2.24) is 15.5 Å². The summed E-state index contributed by atoms with van der Waals surface area (Å²) in [7, 11) is 3.23. The molecule has 6 rings (SSSR count). The fourth-order valence-electron chi connectivity index (χ4n) is 7.48. The molecule has 0 unspecified atom stereocenters. The summed E-state index contributed by atoms with van der Waals surface area (Å²) in [5.74, 6) is -0.742. The predicted molar refractivity (Wildman–Crippen MR) is 160 cm³/mol. The van der Waals surface area contributed by atoms with E-state index in [0.29, 0.717) is 19.5 Å². The normalized spacial score (nSPS) is 29.4. The highest BCUT2D eigenvalue weighted by Crippen LogP contribution is 2.59. The molecule has 43 heavy (non-hydrogen) atoms. The number of methoxy groups -OCH3 is 2. The van der Waals surface area contributed by atoms with E-state index in [1.165, 1.54) is 6.42 Å². The molecular formula is C34H41N3O6. The van der Waals surface area contributed by atoms with Crippen molar-refractivity contribution in [3.63, 3.8) is 0 Å². The van der Waals surface area contributed by atoms with Crippen LogP contribution in [0.2, 0.25) is 0 Å². The Bertz CT molecular complexity index is 1390. The molecular weight excluding hydrogens is 546 g/mol. The molecule has 0 aromatic heterocycles. The zero-order chi connectivity index (χ0) is 30.2. The number of fused-ring (bicyclic) bond motifs is 1. The summed E-state index contributed by atoms with van der Waals surface area (Å²) < 4.78 is 17.2. The summed E-state index contributed by atoms with van der Waals surface area (Å²) in [6.45, 7) is 2.49. The third kappa shape index (κ3) is 5.28. The van der Waals surface area contributed by atoms with Crippen molar-refractivity contribution >= 4 is 17.7 Å². The Morgan fingerprint density at radius 2 is 1.53 bits per heavy atom. The van der Waals surface area contributed by atoms with Gasteiger partial charge < -0.3 is 29.7 Å². The lowest BCUT2D eigenvalue weighted by Gasteiger charge is -2.34. The highest BCUT2D eigenvalue weighted by Gasteiger charge is 2.76. The molecule has 3 fully saturated rings. The number of nitrogens with zero attached hydrogens (tertiary/aromatic N) is 1. The number of rotatable bonds is 10. The van der Waals surface area contributed by atoms with Crippen molar-refractivity contribution in [2.75, 3.05) is 20.8 Å². The number of ether oxygens (including phenoxy) is 3. The average Bonchev–Trinajstić information content (AvgIpc) is 3.60. The largest absolute Gasteiger partial charge is 0.497 e. The first-order valence-electron chi connectivity index (χ1n) is 15.3. The number of carbonyl (C=O) groups excluding carboxylic acids is 3. The van der Waals surface area contributed by atoms with Crippen molar-refractivity contribution in [2.45, 2.75) is 75.3 Å². The molecule has 228 valence electrons. The summed E-state index contributed by atoms with van der Waals surface area (Å²) >= 11 is 0. The first kappa shape index (κ1) is 29.2. The fourth-order valence-corrected chi connectivity index (χ4v) is 7.48. The summed E-state index contributed by atoms with van der Waals surface area (Å²) in [4.78, 5) is 43.9. The van der Waals surface area contributed by atoms with Crippen molar-refractivity contribution in [3.8, 4) is 11.5 Å². The zero-order valence-electron chi connectivity index (χ0n) is 25.1. The van der Waals surface area contributed by atoms with Gasteiger partial charge in [-0.1, -0.05) is 55.7 Å². The SMILES string of the molecule is COc1ccc(CCN2C(=O)[C@@H]3[C@@H](C(=O)NCc4ccc(OC)cc4)[C@@]4(C)C=C[C@@]3(O4)[C@H]2C(=O)NC2CCCCC2)cc1. The van der Waals surface area contributed by atoms with Gasteiger partial charge in [0, 0.05) is 19.1 Å². The third-order valence-corrected chi connectivity index (χ3v) is 9.71. The maximum absolute atomic E-state index is 14.3. The van der Waals surface area contributed by atoms with Gasteiger partial charge in [-0.15, -0.1) is 0 Å². The second-order valence-electron chi connectivity index (χ2n) is 12.4. The Morgan fingerprint density at radius 1 is 0.907 bits per heavy atom. The highest BCUT2D eigenvalue weighted by atomic mass is 16.5. The Kier molecular flexibility index (Phi) is 7.94. The topological polar surface area (TPSA) is 106 Å². The predicted octanol–water partition coefficient (Wildman–Crippen LogP) is 3.55. The van der Waals surface area contributed by atoms with Crippen LogP contribution < -0.4 is 20.1 Å². The fraction of sp³-hybridized carbons (Fsp3) is 0.500. The van der Waals surface area contributed by atoms with Crippen LogP contribution in [0, 0.1) is 11.8 Å². The van der Waals surface area contributed by atoms with Crippen LogP contribution in [0.5, 0.6) is 11.5 Å². The molecule has 1 aliphatic carbocycles. The molecule has 4 aliphatic rings. The summed E-state index contributed by atoms with van der Waals surface area (Å²) in [5.41, 5.74) is -0.254. The number of carbonyl (C=O) groups is 3. The highest BCUT2D eigenvalue weighted by molar-refractivity contribution is 6.00. The number of nitrogens with one attached hydrogen (secondary N) is 2. The Balaban J connectivity index is 1.26. The quantitative estimate of drug-likeness (QED) is 0.412. The second-order valence-corrected chi connectivity index (χ2v) is 12.4. The van der Waals surface area contributed by atoms with Crippen LogP contribution in [-0.4, -0.2) is 66.7 Å². The lowest BCUT2D eigenvalue weighted by Crippen LogP contribution is -2.57. The monoisotopic (exact) mass is 587 g/mol. The molecule has 2 saturated heterocycles. The van der Waals surface area contributed by atoms with E-state index in [1.807, 2.05) is 67.6 Å².